The van der Waals surface area contributed by atoms with Crippen molar-refractivity contribution in [3.8, 4) is 0 Å². The summed E-state index contributed by atoms with van der Waals surface area (Å²) in [6.45, 7) is 0.780. The lowest BCUT2D eigenvalue weighted by Gasteiger charge is -2.21. The number of ether oxygens (including phenoxy) is 4. The van der Waals surface area contributed by atoms with Crippen LogP contribution in [0, 0.1) is 0 Å². The molecule has 0 radical (unpaired) electrons. The van der Waals surface area contributed by atoms with E-state index in [1.807, 2.05) is 13.8 Å². The van der Waals surface area contributed by atoms with Crippen LogP contribution in [0.3, 0.4) is 0 Å². The molecule has 0 aromatic carbocycles. The highest BCUT2D eigenvalue weighted by molar-refractivity contribution is 7.47. The van der Waals surface area contributed by atoms with Crippen molar-refractivity contribution >= 4 is 40.0 Å². The number of phosphoric acid groups is 2. The molecule has 240 valence electrons. The van der Waals surface area contributed by atoms with Crippen LogP contribution >= 0.6 is 15.6 Å². The molecule has 0 aliphatic carbocycles. The van der Waals surface area contributed by atoms with Gasteiger partial charge in [0.25, 0.3) is 6.47 Å². The van der Waals surface area contributed by atoms with Gasteiger partial charge in [0.2, 0.25) is 0 Å². The van der Waals surface area contributed by atoms with Gasteiger partial charge in [0, 0.05) is 19.8 Å². The lowest BCUT2D eigenvalue weighted by Crippen LogP contribution is -2.30. The zero-order chi connectivity index (χ0) is 31.3. The highest BCUT2D eigenvalue weighted by atomic mass is 31.2. The second-order valence-corrected chi connectivity index (χ2v) is 11.3. The van der Waals surface area contributed by atoms with E-state index in [1.54, 1.807) is 0 Å². The van der Waals surface area contributed by atoms with Crippen LogP contribution in [-0.2, 0) is 65.4 Å². The molecule has 0 aliphatic heterocycles. The van der Waals surface area contributed by atoms with E-state index < -0.39 is 91.5 Å². The van der Waals surface area contributed by atoms with Crippen molar-refractivity contribution in [3.05, 3.63) is 0 Å². The third-order valence-corrected chi connectivity index (χ3v) is 6.49. The Kier molecular flexibility index (Phi) is 20.7. The molecule has 0 aromatic heterocycles. The van der Waals surface area contributed by atoms with Gasteiger partial charge in [-0.2, -0.15) is 0 Å². The molecule has 0 bridgehead atoms. The van der Waals surface area contributed by atoms with Crippen molar-refractivity contribution in [2.75, 3.05) is 39.6 Å². The molecule has 19 heteroatoms. The summed E-state index contributed by atoms with van der Waals surface area (Å²) in [5, 5.41) is 9.90. The second-order valence-electron chi connectivity index (χ2n) is 8.44. The molecule has 0 heterocycles. The molecule has 0 saturated carbocycles. The molecule has 0 aliphatic rings. The van der Waals surface area contributed by atoms with Crippen LogP contribution in [0.1, 0.15) is 59.3 Å². The van der Waals surface area contributed by atoms with Gasteiger partial charge in [0.1, 0.15) is 19.3 Å². The summed E-state index contributed by atoms with van der Waals surface area (Å²) >= 11 is 0. The largest absolute Gasteiger partial charge is 0.472 e. The minimum Gasteiger partial charge on any atom is -0.464 e. The quantitative estimate of drug-likeness (QED) is 0.0556. The van der Waals surface area contributed by atoms with E-state index in [9.17, 15) is 43.2 Å². The van der Waals surface area contributed by atoms with E-state index >= 15 is 0 Å². The number of phosphoric ester groups is 2. The molecule has 0 spiro atoms. The molecule has 0 saturated heterocycles. The van der Waals surface area contributed by atoms with E-state index in [0.29, 0.717) is 12.8 Å². The van der Waals surface area contributed by atoms with Gasteiger partial charge in [0.15, 0.2) is 12.2 Å². The van der Waals surface area contributed by atoms with Gasteiger partial charge in [-0.05, 0) is 12.8 Å². The molecule has 3 N–H and O–H groups in total. The maximum absolute atomic E-state index is 12.2. The number of carbonyl (C=O) groups is 4. The fraction of sp³-hybridized carbons (Fsp3) is 0.818. The van der Waals surface area contributed by atoms with Crippen LogP contribution in [0.5, 0.6) is 0 Å². The van der Waals surface area contributed by atoms with Gasteiger partial charge in [-0.15, -0.1) is 0 Å². The van der Waals surface area contributed by atoms with Gasteiger partial charge in [0.05, 0.1) is 26.4 Å². The van der Waals surface area contributed by atoms with Gasteiger partial charge < -0.3 is 33.8 Å². The SMILES string of the molecule is CCCCC(=O)OC[C@H](COP(=O)(O)OC[C@H](O)COP(=O)(O)OC[C@@H](COC=O)OC(C)=O)OC(=O)CCCC. The Bertz CT molecular complexity index is 882. The molecule has 0 fully saturated rings. The molecule has 17 nitrogen and oxygen atoms in total. The number of aliphatic hydroxyl groups is 1. The summed E-state index contributed by atoms with van der Waals surface area (Å²) in [7, 11) is -9.66. The van der Waals surface area contributed by atoms with Crippen molar-refractivity contribution in [1.82, 2.24) is 0 Å². The van der Waals surface area contributed by atoms with Crippen LogP contribution in [0.15, 0.2) is 0 Å². The smallest absolute Gasteiger partial charge is 0.464 e. The summed E-state index contributed by atoms with van der Waals surface area (Å²) in [5.74, 6) is -1.95. The average molecular weight is 638 g/mol. The Hall–Kier alpha value is -1.94. The Morgan fingerprint density at radius 2 is 1.20 bits per heavy atom. The van der Waals surface area contributed by atoms with E-state index in [2.05, 4.69) is 18.3 Å². The number of unbranched alkanes of at least 4 members (excludes halogenated alkanes) is 2. The lowest BCUT2D eigenvalue weighted by atomic mass is 10.2. The Morgan fingerprint density at radius 1 is 0.732 bits per heavy atom. The fourth-order valence-electron chi connectivity index (χ4n) is 2.60. The van der Waals surface area contributed by atoms with Gasteiger partial charge in [-0.25, -0.2) is 9.13 Å². The molecule has 41 heavy (non-hydrogen) atoms. The standard InChI is InChI=1S/C22H40O17P2/c1-4-6-8-21(26)33-13-20(39-22(27)9-7-5-2)15-37-41(30,31)35-11-18(25)10-34-40(28,29)36-14-19(12-32-16-23)38-17(3)24/h16,18-20,25H,4-15H2,1-3H3,(H,28,29)(H,30,31)/t18-,19-,20-/m1/s1. The zero-order valence-corrected chi connectivity index (χ0v) is 25.0. The number of carbonyl (C=O) groups excluding carboxylic acids is 4. The Morgan fingerprint density at radius 3 is 1.66 bits per heavy atom. The van der Waals surface area contributed by atoms with Crippen molar-refractivity contribution in [1.29, 1.82) is 0 Å². The van der Waals surface area contributed by atoms with Crippen molar-refractivity contribution in [2.24, 2.45) is 0 Å². The van der Waals surface area contributed by atoms with E-state index in [4.69, 9.17) is 18.7 Å². The normalized spacial score (nSPS) is 16.3. The molecular weight excluding hydrogens is 598 g/mol. The highest BCUT2D eigenvalue weighted by Gasteiger charge is 2.29. The Labute approximate surface area is 237 Å². The average Bonchev–Trinajstić information content (AvgIpc) is 2.91. The predicted molar refractivity (Wildman–Crippen MR) is 137 cm³/mol. The number of esters is 3. The van der Waals surface area contributed by atoms with Gasteiger partial charge in [-0.1, -0.05) is 26.7 Å². The number of aliphatic hydroxyl groups excluding tert-OH is 1. The molecule has 0 amide bonds. The van der Waals surface area contributed by atoms with Crippen LogP contribution in [0.25, 0.3) is 0 Å². The molecule has 5 atom stereocenters. The van der Waals surface area contributed by atoms with Crippen LogP contribution in [0.4, 0.5) is 0 Å². The second kappa shape index (κ2) is 21.7. The monoisotopic (exact) mass is 638 g/mol. The van der Waals surface area contributed by atoms with Crippen LogP contribution < -0.4 is 0 Å². The third-order valence-electron chi connectivity index (χ3n) is 4.59. The Balaban J connectivity index is 4.76. The first-order chi connectivity index (χ1) is 19.2. The first kappa shape index (κ1) is 39.1. The van der Waals surface area contributed by atoms with E-state index in [0.717, 1.165) is 19.8 Å². The first-order valence-corrected chi connectivity index (χ1v) is 15.7. The van der Waals surface area contributed by atoms with Crippen molar-refractivity contribution in [3.63, 3.8) is 0 Å². The first-order valence-electron chi connectivity index (χ1n) is 12.7. The van der Waals surface area contributed by atoms with Gasteiger partial charge in [-0.3, -0.25) is 37.3 Å². The fourth-order valence-corrected chi connectivity index (χ4v) is 4.18. The molecular formula is C22H40O17P2. The van der Waals surface area contributed by atoms with Crippen molar-refractivity contribution < 1.29 is 80.2 Å². The topological polar surface area (TPSA) is 237 Å². The van der Waals surface area contributed by atoms with E-state index in [-0.39, 0.29) is 19.3 Å². The summed E-state index contributed by atoms with van der Waals surface area (Å²) in [6, 6.07) is 0. The third kappa shape index (κ3) is 22.3. The molecule has 2 unspecified atom stereocenters. The molecule has 0 aromatic rings. The van der Waals surface area contributed by atoms with Crippen molar-refractivity contribution in [2.45, 2.75) is 77.6 Å². The maximum Gasteiger partial charge on any atom is 0.472 e. The minimum absolute atomic E-state index is 0.0646. The highest BCUT2D eigenvalue weighted by Crippen LogP contribution is 2.45. The summed E-state index contributed by atoms with van der Waals surface area (Å²) in [4.78, 5) is 64.7. The maximum atomic E-state index is 12.2. The summed E-state index contributed by atoms with van der Waals surface area (Å²) in [6.07, 6.45) is -1.33. The summed E-state index contributed by atoms with van der Waals surface area (Å²) < 4.78 is 62.2. The minimum atomic E-state index is -4.85. The number of hydrogen-bond donors (Lipinski definition) is 3. The van der Waals surface area contributed by atoms with Gasteiger partial charge >= 0.3 is 33.6 Å². The molecule has 0 rings (SSSR count). The van der Waals surface area contributed by atoms with Crippen LogP contribution in [0.2, 0.25) is 0 Å². The summed E-state index contributed by atoms with van der Waals surface area (Å²) in [5.41, 5.74) is 0. The number of rotatable bonds is 25. The number of hydrogen-bond acceptors (Lipinski definition) is 15. The lowest BCUT2D eigenvalue weighted by molar-refractivity contribution is -0.161. The van der Waals surface area contributed by atoms with E-state index in [1.165, 1.54) is 0 Å². The predicted octanol–water partition coefficient (Wildman–Crippen LogP) is 1.55. The zero-order valence-electron chi connectivity index (χ0n) is 23.2. The van der Waals surface area contributed by atoms with Crippen LogP contribution in [-0.4, -0.2) is 97.2 Å².